The van der Waals surface area contributed by atoms with Crippen LogP contribution in [0.15, 0.2) is 25.3 Å². The summed E-state index contributed by atoms with van der Waals surface area (Å²) >= 11 is 0. The summed E-state index contributed by atoms with van der Waals surface area (Å²) in [5, 5.41) is 0. The molecule has 1 rings (SSSR count). The second-order valence-electron chi connectivity index (χ2n) is 3.92. The fraction of sp³-hybridized carbons (Fsp3) is 0.667. The van der Waals surface area contributed by atoms with Crippen molar-refractivity contribution >= 4 is 0 Å². The second kappa shape index (κ2) is 4.49. The fourth-order valence-corrected chi connectivity index (χ4v) is 2.39. The van der Waals surface area contributed by atoms with Gasteiger partial charge in [0.05, 0.1) is 0 Å². The predicted molar refractivity (Wildman–Crippen MR) is 55.0 cm³/mol. The van der Waals surface area contributed by atoms with Crippen molar-refractivity contribution in [2.24, 2.45) is 17.8 Å². The Morgan fingerprint density at radius 3 is 2.50 bits per heavy atom. The summed E-state index contributed by atoms with van der Waals surface area (Å²) in [7, 11) is 0. The van der Waals surface area contributed by atoms with E-state index in [2.05, 4.69) is 32.2 Å². The molecule has 12 heavy (non-hydrogen) atoms. The lowest BCUT2D eigenvalue weighted by Crippen LogP contribution is -2.03. The van der Waals surface area contributed by atoms with Gasteiger partial charge in [0, 0.05) is 0 Å². The van der Waals surface area contributed by atoms with E-state index in [9.17, 15) is 0 Å². The van der Waals surface area contributed by atoms with Gasteiger partial charge in [-0.15, -0.1) is 13.2 Å². The lowest BCUT2D eigenvalue weighted by atomic mass is 9.92. The van der Waals surface area contributed by atoms with Crippen molar-refractivity contribution in [2.45, 2.75) is 32.6 Å². The minimum absolute atomic E-state index is 0.754. The Bertz CT molecular complexity index is 157. The largest absolute Gasteiger partial charge is 0.103 e. The molecule has 0 heteroatoms. The highest BCUT2D eigenvalue weighted by molar-refractivity contribution is 4.97. The van der Waals surface area contributed by atoms with E-state index in [1.807, 2.05) is 0 Å². The standard InChI is InChI=1S/C12H20/c1-4-7-12-9-10(5-2)8-11(12)6-3/h5-6,10-12H,2-4,7-9H2,1H3. The molecule has 0 nitrogen and oxygen atoms in total. The molecule has 0 N–H and O–H groups in total. The first-order valence-electron chi connectivity index (χ1n) is 5.06. The topological polar surface area (TPSA) is 0 Å². The molecular formula is C12H20. The summed E-state index contributed by atoms with van der Waals surface area (Å²) in [6, 6.07) is 0. The fourth-order valence-electron chi connectivity index (χ4n) is 2.39. The van der Waals surface area contributed by atoms with E-state index in [1.54, 1.807) is 0 Å². The summed E-state index contributed by atoms with van der Waals surface area (Å²) in [4.78, 5) is 0. The predicted octanol–water partition coefficient (Wildman–Crippen LogP) is 3.80. The molecule has 0 radical (unpaired) electrons. The maximum Gasteiger partial charge on any atom is -0.0202 e. The Morgan fingerprint density at radius 2 is 2.00 bits per heavy atom. The van der Waals surface area contributed by atoms with E-state index in [0.717, 1.165) is 17.8 Å². The van der Waals surface area contributed by atoms with Crippen molar-refractivity contribution < 1.29 is 0 Å². The lowest BCUT2D eigenvalue weighted by molar-refractivity contribution is 0.420. The molecule has 1 aliphatic rings. The van der Waals surface area contributed by atoms with Gasteiger partial charge < -0.3 is 0 Å². The summed E-state index contributed by atoms with van der Waals surface area (Å²) < 4.78 is 0. The molecule has 0 aromatic carbocycles. The molecule has 0 aliphatic heterocycles. The SMILES string of the molecule is C=CC1CC(C=C)C(CCC)C1. The average molecular weight is 164 g/mol. The van der Waals surface area contributed by atoms with E-state index in [0.29, 0.717) is 0 Å². The van der Waals surface area contributed by atoms with Crippen LogP contribution in [0.3, 0.4) is 0 Å². The maximum atomic E-state index is 3.91. The van der Waals surface area contributed by atoms with Crippen LogP contribution >= 0.6 is 0 Å². The highest BCUT2D eigenvalue weighted by atomic mass is 14.3. The van der Waals surface area contributed by atoms with E-state index in [-0.39, 0.29) is 0 Å². The molecule has 1 saturated carbocycles. The molecular weight excluding hydrogens is 144 g/mol. The minimum atomic E-state index is 0.754. The van der Waals surface area contributed by atoms with Crippen LogP contribution < -0.4 is 0 Å². The van der Waals surface area contributed by atoms with E-state index in [4.69, 9.17) is 0 Å². The van der Waals surface area contributed by atoms with Crippen LogP contribution in [0, 0.1) is 17.8 Å². The third kappa shape index (κ3) is 2.00. The number of allylic oxidation sites excluding steroid dienone is 2. The van der Waals surface area contributed by atoms with Gasteiger partial charge >= 0.3 is 0 Å². The molecule has 1 fully saturated rings. The lowest BCUT2D eigenvalue weighted by Gasteiger charge is -2.13. The summed E-state index contributed by atoms with van der Waals surface area (Å²) in [5.41, 5.74) is 0. The molecule has 3 atom stereocenters. The zero-order chi connectivity index (χ0) is 8.97. The van der Waals surface area contributed by atoms with Crippen molar-refractivity contribution in [3.8, 4) is 0 Å². The smallest absolute Gasteiger partial charge is 0.0202 e. The highest BCUT2D eigenvalue weighted by Gasteiger charge is 2.29. The highest BCUT2D eigenvalue weighted by Crippen LogP contribution is 2.39. The van der Waals surface area contributed by atoms with Crippen LogP contribution in [0.2, 0.25) is 0 Å². The van der Waals surface area contributed by atoms with Crippen molar-refractivity contribution in [1.82, 2.24) is 0 Å². The summed E-state index contributed by atoms with van der Waals surface area (Å²) in [6.07, 6.45) is 9.56. The second-order valence-corrected chi connectivity index (χ2v) is 3.92. The van der Waals surface area contributed by atoms with Crippen LogP contribution in [0.1, 0.15) is 32.6 Å². The third-order valence-electron chi connectivity index (χ3n) is 3.08. The van der Waals surface area contributed by atoms with Gasteiger partial charge in [-0.25, -0.2) is 0 Å². The number of hydrogen-bond donors (Lipinski definition) is 0. The monoisotopic (exact) mass is 164 g/mol. The van der Waals surface area contributed by atoms with Gasteiger partial charge in [-0.3, -0.25) is 0 Å². The van der Waals surface area contributed by atoms with Gasteiger partial charge in [-0.1, -0.05) is 31.9 Å². The Labute approximate surface area is 76.4 Å². The van der Waals surface area contributed by atoms with Gasteiger partial charge in [-0.2, -0.15) is 0 Å². The Balaban J connectivity index is 2.49. The van der Waals surface area contributed by atoms with E-state index in [1.165, 1.54) is 25.7 Å². The molecule has 0 spiro atoms. The average Bonchev–Trinajstić information content (AvgIpc) is 2.48. The molecule has 0 heterocycles. The molecule has 0 bridgehead atoms. The van der Waals surface area contributed by atoms with Crippen LogP contribution in [0.5, 0.6) is 0 Å². The van der Waals surface area contributed by atoms with Crippen molar-refractivity contribution in [1.29, 1.82) is 0 Å². The quantitative estimate of drug-likeness (QED) is 0.554. The summed E-state index contributed by atoms with van der Waals surface area (Å²) in [6.45, 7) is 10.0. The molecule has 1 aliphatic carbocycles. The van der Waals surface area contributed by atoms with Crippen molar-refractivity contribution in [2.75, 3.05) is 0 Å². The van der Waals surface area contributed by atoms with Crippen molar-refractivity contribution in [3.05, 3.63) is 25.3 Å². The van der Waals surface area contributed by atoms with Crippen LogP contribution in [0.4, 0.5) is 0 Å². The number of hydrogen-bond acceptors (Lipinski definition) is 0. The molecule has 3 unspecified atom stereocenters. The van der Waals surface area contributed by atoms with E-state index < -0.39 is 0 Å². The Morgan fingerprint density at radius 1 is 1.25 bits per heavy atom. The third-order valence-corrected chi connectivity index (χ3v) is 3.08. The molecule has 0 saturated heterocycles. The zero-order valence-electron chi connectivity index (χ0n) is 8.13. The van der Waals surface area contributed by atoms with Gasteiger partial charge in [0.25, 0.3) is 0 Å². The normalized spacial score (nSPS) is 34.9. The number of rotatable bonds is 4. The Hall–Kier alpha value is -0.520. The van der Waals surface area contributed by atoms with Gasteiger partial charge in [0.2, 0.25) is 0 Å². The van der Waals surface area contributed by atoms with Crippen LogP contribution in [0.25, 0.3) is 0 Å². The Kier molecular flexibility index (Phi) is 3.58. The van der Waals surface area contributed by atoms with Crippen LogP contribution in [-0.4, -0.2) is 0 Å². The van der Waals surface area contributed by atoms with Gasteiger partial charge in [0.15, 0.2) is 0 Å². The first-order chi connectivity index (χ1) is 5.81. The van der Waals surface area contributed by atoms with Crippen LogP contribution in [-0.2, 0) is 0 Å². The van der Waals surface area contributed by atoms with Gasteiger partial charge in [-0.05, 0) is 30.6 Å². The minimum Gasteiger partial charge on any atom is -0.103 e. The molecule has 0 aromatic heterocycles. The molecule has 68 valence electrons. The molecule has 0 amide bonds. The first-order valence-corrected chi connectivity index (χ1v) is 5.06. The first kappa shape index (κ1) is 9.57. The van der Waals surface area contributed by atoms with Crippen molar-refractivity contribution in [3.63, 3.8) is 0 Å². The van der Waals surface area contributed by atoms with E-state index >= 15 is 0 Å². The zero-order valence-corrected chi connectivity index (χ0v) is 8.13. The maximum absolute atomic E-state index is 3.91. The summed E-state index contributed by atoms with van der Waals surface area (Å²) in [5.74, 6) is 2.40. The molecule has 0 aromatic rings. The van der Waals surface area contributed by atoms with Gasteiger partial charge in [0.1, 0.15) is 0 Å².